The number of rotatable bonds is 6. The van der Waals surface area contributed by atoms with Gasteiger partial charge in [0.2, 0.25) is 0 Å². The molecular formula is C16H25IN4OS. The summed E-state index contributed by atoms with van der Waals surface area (Å²) in [7, 11) is 0. The Morgan fingerprint density at radius 1 is 1.39 bits per heavy atom. The molecule has 1 unspecified atom stereocenters. The van der Waals surface area contributed by atoms with Crippen molar-refractivity contribution in [1.82, 2.24) is 15.6 Å². The highest BCUT2D eigenvalue weighted by molar-refractivity contribution is 14.0. The molecule has 1 atom stereocenters. The number of hydrogen-bond acceptors (Lipinski definition) is 4. The Morgan fingerprint density at radius 2 is 2.17 bits per heavy atom. The summed E-state index contributed by atoms with van der Waals surface area (Å²) >= 11 is 1.72. The number of nitrogens with zero attached hydrogens (tertiary/aromatic N) is 2. The van der Waals surface area contributed by atoms with Gasteiger partial charge in [0.05, 0.1) is 12.6 Å². The summed E-state index contributed by atoms with van der Waals surface area (Å²) < 4.78 is 5.65. The maximum Gasteiger partial charge on any atom is 0.192 e. The van der Waals surface area contributed by atoms with Crippen molar-refractivity contribution in [2.75, 3.05) is 6.54 Å². The van der Waals surface area contributed by atoms with E-state index in [1.165, 1.54) is 4.88 Å². The Kier molecular flexibility index (Phi) is 8.60. The zero-order valence-electron chi connectivity index (χ0n) is 14.0. The van der Waals surface area contributed by atoms with Gasteiger partial charge >= 0.3 is 0 Å². The number of halogens is 1. The first-order valence-electron chi connectivity index (χ1n) is 7.67. The lowest BCUT2D eigenvalue weighted by atomic mass is 10.2. The molecular weight excluding hydrogens is 423 g/mol. The summed E-state index contributed by atoms with van der Waals surface area (Å²) in [6.45, 7) is 9.60. The van der Waals surface area contributed by atoms with Gasteiger partial charge in [0.15, 0.2) is 5.96 Å². The van der Waals surface area contributed by atoms with E-state index in [0.29, 0.717) is 6.54 Å². The minimum atomic E-state index is 0. The highest BCUT2D eigenvalue weighted by Gasteiger charge is 2.11. The first-order chi connectivity index (χ1) is 10.6. The maximum atomic E-state index is 5.65. The van der Waals surface area contributed by atoms with Crippen molar-refractivity contribution >= 4 is 41.3 Å². The average Bonchev–Trinajstić information content (AvgIpc) is 3.13. The van der Waals surface area contributed by atoms with E-state index in [4.69, 9.17) is 4.42 Å². The first-order valence-corrected chi connectivity index (χ1v) is 8.48. The highest BCUT2D eigenvalue weighted by atomic mass is 127. The molecule has 0 radical (unpaired) electrons. The van der Waals surface area contributed by atoms with Crippen LogP contribution in [0.5, 0.6) is 0 Å². The van der Waals surface area contributed by atoms with Crippen LogP contribution in [0.2, 0.25) is 0 Å². The SMILES string of the molecule is CCNC(=NCc1ncc(CC)s1)NC(C)c1ccc(C)o1.I. The lowest BCUT2D eigenvalue weighted by Gasteiger charge is -2.15. The van der Waals surface area contributed by atoms with Gasteiger partial charge in [-0.1, -0.05) is 6.92 Å². The summed E-state index contributed by atoms with van der Waals surface area (Å²) in [6.07, 6.45) is 2.96. The third-order valence-electron chi connectivity index (χ3n) is 3.21. The molecule has 5 nitrogen and oxygen atoms in total. The van der Waals surface area contributed by atoms with Gasteiger partial charge in [-0.05, 0) is 39.3 Å². The van der Waals surface area contributed by atoms with Gasteiger partial charge in [-0.2, -0.15) is 0 Å². The van der Waals surface area contributed by atoms with Crippen LogP contribution >= 0.6 is 35.3 Å². The van der Waals surface area contributed by atoms with E-state index in [1.807, 2.05) is 25.3 Å². The van der Waals surface area contributed by atoms with Crippen molar-refractivity contribution < 1.29 is 4.42 Å². The van der Waals surface area contributed by atoms with Crippen LogP contribution in [0.4, 0.5) is 0 Å². The molecule has 0 spiro atoms. The van der Waals surface area contributed by atoms with Crippen LogP contribution in [0.25, 0.3) is 0 Å². The van der Waals surface area contributed by atoms with Crippen molar-refractivity contribution in [3.63, 3.8) is 0 Å². The summed E-state index contributed by atoms with van der Waals surface area (Å²) in [4.78, 5) is 10.3. The molecule has 7 heteroatoms. The van der Waals surface area contributed by atoms with E-state index in [1.54, 1.807) is 11.3 Å². The Hall–Kier alpha value is -1.09. The monoisotopic (exact) mass is 448 g/mol. The second kappa shape index (κ2) is 9.92. The van der Waals surface area contributed by atoms with Crippen molar-refractivity contribution in [2.24, 2.45) is 4.99 Å². The minimum absolute atomic E-state index is 0. The van der Waals surface area contributed by atoms with E-state index in [2.05, 4.69) is 41.4 Å². The molecule has 2 N–H and O–H groups in total. The van der Waals surface area contributed by atoms with Crippen molar-refractivity contribution in [1.29, 1.82) is 0 Å². The zero-order chi connectivity index (χ0) is 15.9. The maximum absolute atomic E-state index is 5.65. The standard InChI is InChI=1S/C16H24N4OS.HI/c1-5-13-9-18-15(22-13)10-19-16(17-6-2)20-12(4)14-8-7-11(3)21-14;/h7-9,12H,5-6,10H2,1-4H3,(H2,17,19,20);1H. The molecule has 0 fully saturated rings. The predicted molar refractivity (Wildman–Crippen MR) is 107 cm³/mol. The van der Waals surface area contributed by atoms with Gasteiger partial charge in [0.25, 0.3) is 0 Å². The Labute approximate surface area is 159 Å². The van der Waals surface area contributed by atoms with E-state index < -0.39 is 0 Å². The number of aromatic nitrogens is 1. The molecule has 0 saturated carbocycles. The molecule has 2 aromatic rings. The molecule has 23 heavy (non-hydrogen) atoms. The third kappa shape index (κ3) is 6.14. The van der Waals surface area contributed by atoms with Crippen LogP contribution in [0.1, 0.15) is 48.2 Å². The fourth-order valence-corrected chi connectivity index (χ4v) is 2.80. The summed E-state index contributed by atoms with van der Waals surface area (Å²) in [5.74, 6) is 2.60. The number of aliphatic imine (C=N–C) groups is 1. The van der Waals surface area contributed by atoms with E-state index in [-0.39, 0.29) is 30.0 Å². The van der Waals surface area contributed by atoms with Crippen LogP contribution in [-0.2, 0) is 13.0 Å². The number of guanidine groups is 1. The number of nitrogens with one attached hydrogen (secondary N) is 2. The number of hydrogen-bond donors (Lipinski definition) is 2. The second-order valence-corrected chi connectivity index (χ2v) is 6.28. The molecule has 2 heterocycles. The molecule has 2 rings (SSSR count). The largest absolute Gasteiger partial charge is 0.464 e. The predicted octanol–water partition coefficient (Wildman–Crippen LogP) is 4.04. The quantitative estimate of drug-likeness (QED) is 0.398. The normalized spacial score (nSPS) is 12.6. The van der Waals surface area contributed by atoms with E-state index in [0.717, 1.165) is 35.5 Å². The number of aryl methyl sites for hydroxylation is 2. The van der Waals surface area contributed by atoms with Gasteiger partial charge < -0.3 is 15.1 Å². The summed E-state index contributed by atoms with van der Waals surface area (Å²) in [5, 5.41) is 7.65. The molecule has 0 aliphatic heterocycles. The fourth-order valence-electron chi connectivity index (χ4n) is 2.01. The molecule has 0 saturated heterocycles. The summed E-state index contributed by atoms with van der Waals surface area (Å²) in [6, 6.07) is 4.03. The van der Waals surface area contributed by atoms with E-state index in [9.17, 15) is 0 Å². The van der Waals surface area contributed by atoms with Crippen LogP contribution in [0.15, 0.2) is 27.7 Å². The minimum Gasteiger partial charge on any atom is -0.464 e. The molecule has 0 amide bonds. The van der Waals surface area contributed by atoms with Crippen molar-refractivity contribution in [2.45, 2.75) is 46.7 Å². The topological polar surface area (TPSA) is 62.5 Å². The fraction of sp³-hybridized carbons (Fsp3) is 0.500. The Balaban J connectivity index is 0.00000264. The van der Waals surface area contributed by atoms with E-state index >= 15 is 0 Å². The van der Waals surface area contributed by atoms with Gasteiger partial charge in [-0.25, -0.2) is 9.98 Å². The Bertz CT molecular complexity index is 623. The average molecular weight is 448 g/mol. The first kappa shape index (κ1) is 20.0. The zero-order valence-corrected chi connectivity index (χ0v) is 17.2. The van der Waals surface area contributed by atoms with Crippen LogP contribution in [0.3, 0.4) is 0 Å². The molecule has 2 aromatic heterocycles. The van der Waals surface area contributed by atoms with Gasteiger partial charge in [0, 0.05) is 17.6 Å². The van der Waals surface area contributed by atoms with Crippen molar-refractivity contribution in [3.05, 3.63) is 39.7 Å². The lowest BCUT2D eigenvalue weighted by Crippen LogP contribution is -2.38. The van der Waals surface area contributed by atoms with Crippen molar-refractivity contribution in [3.8, 4) is 0 Å². The van der Waals surface area contributed by atoms with Gasteiger partial charge in [-0.3, -0.25) is 0 Å². The summed E-state index contributed by atoms with van der Waals surface area (Å²) in [5.41, 5.74) is 0. The smallest absolute Gasteiger partial charge is 0.192 e. The molecule has 0 aliphatic carbocycles. The molecule has 128 valence electrons. The number of furan rings is 1. The van der Waals surface area contributed by atoms with Gasteiger partial charge in [0.1, 0.15) is 16.5 Å². The third-order valence-corrected chi connectivity index (χ3v) is 4.33. The molecule has 0 aliphatic rings. The van der Waals surface area contributed by atoms with Crippen LogP contribution in [-0.4, -0.2) is 17.5 Å². The van der Waals surface area contributed by atoms with Crippen LogP contribution in [0, 0.1) is 6.92 Å². The Morgan fingerprint density at radius 3 is 2.74 bits per heavy atom. The molecule has 0 aromatic carbocycles. The lowest BCUT2D eigenvalue weighted by molar-refractivity contribution is 0.441. The number of thiazole rings is 1. The van der Waals surface area contributed by atoms with Crippen LogP contribution < -0.4 is 10.6 Å². The highest BCUT2D eigenvalue weighted by Crippen LogP contribution is 2.16. The molecule has 0 bridgehead atoms. The van der Waals surface area contributed by atoms with Gasteiger partial charge in [-0.15, -0.1) is 35.3 Å². The second-order valence-electron chi connectivity index (χ2n) is 5.08.